The third kappa shape index (κ3) is 4.62. The molecular formula is C23H27BrN6O2. The number of pyridine rings is 1. The Balaban J connectivity index is 1.63. The van der Waals surface area contributed by atoms with Gasteiger partial charge in [0, 0.05) is 23.3 Å². The van der Waals surface area contributed by atoms with E-state index in [4.69, 9.17) is 5.21 Å². The average molecular weight is 499 g/mol. The molecule has 1 saturated carbocycles. The van der Waals surface area contributed by atoms with E-state index in [2.05, 4.69) is 41.8 Å². The lowest BCUT2D eigenvalue weighted by Gasteiger charge is -2.26. The summed E-state index contributed by atoms with van der Waals surface area (Å²) in [6, 6.07) is 7.92. The van der Waals surface area contributed by atoms with Crippen LogP contribution in [0.1, 0.15) is 61.5 Å². The number of anilines is 1. The minimum atomic E-state index is -0.185. The number of aryl methyl sites for hydroxylation is 1. The zero-order chi connectivity index (χ0) is 22.7. The molecule has 1 aromatic carbocycles. The Morgan fingerprint density at radius 1 is 1.28 bits per heavy atom. The Morgan fingerprint density at radius 3 is 2.66 bits per heavy atom. The second kappa shape index (κ2) is 9.68. The van der Waals surface area contributed by atoms with Crippen molar-refractivity contribution < 1.29 is 10.0 Å². The number of hydrogen-bond donors (Lipinski definition) is 3. The summed E-state index contributed by atoms with van der Waals surface area (Å²) in [6.07, 6.45) is 6.54. The van der Waals surface area contributed by atoms with Crippen LogP contribution in [0.15, 0.2) is 46.3 Å². The summed E-state index contributed by atoms with van der Waals surface area (Å²) in [5, 5.41) is 24.3. The number of carbonyl (C=O) groups is 1. The summed E-state index contributed by atoms with van der Waals surface area (Å²) in [5.41, 5.74) is 3.85. The van der Waals surface area contributed by atoms with E-state index in [0.29, 0.717) is 12.1 Å². The highest BCUT2D eigenvalue weighted by Crippen LogP contribution is 2.30. The lowest BCUT2D eigenvalue weighted by atomic mass is 9.93. The summed E-state index contributed by atoms with van der Waals surface area (Å²) in [7, 11) is 0. The third-order valence-corrected chi connectivity index (χ3v) is 6.51. The average Bonchev–Trinajstić information content (AvgIpc) is 3.23. The Morgan fingerprint density at radius 2 is 2.00 bits per heavy atom. The number of amides is 1. The number of rotatable bonds is 6. The number of nitrogens with zero attached hydrogens (tertiary/aromatic N) is 4. The van der Waals surface area contributed by atoms with Crippen molar-refractivity contribution in [3.63, 3.8) is 0 Å². The summed E-state index contributed by atoms with van der Waals surface area (Å²) >= 11 is 3.44. The predicted molar refractivity (Wildman–Crippen MR) is 128 cm³/mol. The van der Waals surface area contributed by atoms with Gasteiger partial charge in [-0.3, -0.25) is 4.79 Å². The molecule has 0 aliphatic heterocycles. The molecule has 2 aromatic heterocycles. The molecule has 9 heteroatoms. The number of halogens is 1. The van der Waals surface area contributed by atoms with Crippen LogP contribution in [0.25, 0.3) is 11.0 Å². The van der Waals surface area contributed by atoms with Crippen LogP contribution < -0.4 is 10.6 Å². The van der Waals surface area contributed by atoms with Gasteiger partial charge in [0.2, 0.25) is 0 Å². The van der Waals surface area contributed by atoms with Gasteiger partial charge in [0.1, 0.15) is 0 Å². The van der Waals surface area contributed by atoms with E-state index < -0.39 is 0 Å². The fraction of sp³-hybridized carbons (Fsp3) is 0.391. The van der Waals surface area contributed by atoms with Gasteiger partial charge < -0.3 is 15.8 Å². The monoisotopic (exact) mass is 498 g/mol. The maximum absolute atomic E-state index is 13.3. The van der Waals surface area contributed by atoms with Crippen LogP contribution in [0.3, 0.4) is 0 Å². The van der Waals surface area contributed by atoms with E-state index in [9.17, 15) is 4.79 Å². The summed E-state index contributed by atoms with van der Waals surface area (Å²) in [4.78, 5) is 17.8. The molecule has 0 unspecified atom stereocenters. The molecule has 0 saturated heterocycles. The van der Waals surface area contributed by atoms with E-state index in [1.54, 1.807) is 12.4 Å². The maximum Gasteiger partial charge on any atom is 0.255 e. The van der Waals surface area contributed by atoms with Crippen molar-refractivity contribution in [3.8, 4) is 0 Å². The van der Waals surface area contributed by atoms with Crippen LogP contribution in [-0.2, 0) is 6.54 Å². The van der Waals surface area contributed by atoms with Crippen LogP contribution in [0.4, 0.5) is 5.69 Å². The molecule has 4 rings (SSSR count). The number of aromatic nitrogens is 3. The highest BCUT2D eigenvalue weighted by Gasteiger charge is 2.24. The molecule has 3 aromatic rings. The first-order chi connectivity index (χ1) is 15.5. The molecule has 0 bridgehead atoms. The minimum absolute atomic E-state index is 0.157. The van der Waals surface area contributed by atoms with Crippen LogP contribution >= 0.6 is 15.9 Å². The van der Waals surface area contributed by atoms with Crippen molar-refractivity contribution in [1.82, 2.24) is 20.1 Å². The molecule has 1 atom stereocenters. The lowest BCUT2D eigenvalue weighted by molar-refractivity contribution is 0.0940. The molecule has 1 aliphatic rings. The van der Waals surface area contributed by atoms with Crippen molar-refractivity contribution >= 4 is 44.3 Å². The van der Waals surface area contributed by atoms with Crippen molar-refractivity contribution in [3.05, 3.63) is 52.3 Å². The molecule has 1 aliphatic carbocycles. The van der Waals surface area contributed by atoms with Gasteiger partial charge in [-0.2, -0.15) is 5.10 Å². The highest BCUT2D eigenvalue weighted by atomic mass is 79.9. The van der Waals surface area contributed by atoms with Gasteiger partial charge in [0.05, 0.1) is 34.6 Å². The molecule has 3 N–H and O–H groups in total. The molecule has 32 heavy (non-hydrogen) atoms. The van der Waals surface area contributed by atoms with Crippen molar-refractivity contribution in [2.75, 3.05) is 5.32 Å². The third-order valence-electron chi connectivity index (χ3n) is 5.98. The Kier molecular flexibility index (Phi) is 6.74. The zero-order valence-corrected chi connectivity index (χ0v) is 19.8. The van der Waals surface area contributed by atoms with Crippen LogP contribution in [0, 0.1) is 0 Å². The van der Waals surface area contributed by atoms with E-state index in [-0.39, 0.29) is 18.0 Å². The topological polar surface area (TPSA) is 104 Å². The molecule has 1 fully saturated rings. The fourth-order valence-corrected chi connectivity index (χ4v) is 4.36. The Labute approximate surface area is 195 Å². The van der Waals surface area contributed by atoms with Crippen LogP contribution in [-0.4, -0.2) is 37.6 Å². The van der Waals surface area contributed by atoms with E-state index in [0.717, 1.165) is 58.2 Å². The molecule has 2 heterocycles. The Hall–Kier alpha value is -2.94. The normalized spacial score (nSPS) is 17.2. The van der Waals surface area contributed by atoms with Gasteiger partial charge in [-0.1, -0.05) is 33.2 Å². The first-order valence-electron chi connectivity index (χ1n) is 10.9. The van der Waals surface area contributed by atoms with Gasteiger partial charge in [-0.25, -0.2) is 9.67 Å². The van der Waals surface area contributed by atoms with Gasteiger partial charge in [0.15, 0.2) is 5.65 Å². The second-order valence-electron chi connectivity index (χ2n) is 8.08. The number of benzene rings is 1. The summed E-state index contributed by atoms with van der Waals surface area (Å²) in [6.45, 7) is 4.67. The molecule has 168 valence electrons. The van der Waals surface area contributed by atoms with Gasteiger partial charge in [-0.05, 0) is 57.2 Å². The van der Waals surface area contributed by atoms with Crippen LogP contribution in [0.2, 0.25) is 0 Å². The zero-order valence-electron chi connectivity index (χ0n) is 18.2. The SMILES string of the molecule is CCn1ncc2c(NC3CCC(=NO)CC3)c(C(=O)N[C@H](C)c3ccc(Br)cc3)cnc21. The van der Waals surface area contributed by atoms with E-state index in [1.165, 1.54) is 0 Å². The number of fused-ring (bicyclic) bond motifs is 1. The van der Waals surface area contributed by atoms with Crippen molar-refractivity contribution in [2.45, 2.75) is 58.2 Å². The number of nitrogens with one attached hydrogen (secondary N) is 2. The maximum atomic E-state index is 13.3. The van der Waals surface area contributed by atoms with Gasteiger partial charge in [-0.15, -0.1) is 0 Å². The van der Waals surface area contributed by atoms with Crippen LogP contribution in [0.5, 0.6) is 0 Å². The fourth-order valence-electron chi connectivity index (χ4n) is 4.09. The Bertz CT molecular complexity index is 1130. The first-order valence-corrected chi connectivity index (χ1v) is 11.7. The largest absolute Gasteiger partial charge is 0.411 e. The summed E-state index contributed by atoms with van der Waals surface area (Å²) < 4.78 is 2.82. The van der Waals surface area contributed by atoms with Crippen molar-refractivity contribution in [2.24, 2.45) is 5.16 Å². The molecule has 1 amide bonds. The summed E-state index contributed by atoms with van der Waals surface area (Å²) in [5.74, 6) is -0.185. The lowest BCUT2D eigenvalue weighted by Crippen LogP contribution is -2.30. The first kappa shape index (κ1) is 22.3. The van der Waals surface area contributed by atoms with Gasteiger partial charge >= 0.3 is 0 Å². The standard InChI is InChI=1S/C23H27BrN6O2/c1-3-30-22-19(13-26-30)21(28-17-8-10-18(29-32)11-9-17)20(12-25-22)23(31)27-14(2)15-4-6-16(24)7-5-15/h4-7,12-14,17,32H,3,8-11H2,1-2H3,(H,25,28)(H,27,31)/t14-,17?/m1/s1. The predicted octanol–water partition coefficient (Wildman–Crippen LogP) is 4.89. The van der Waals surface area contributed by atoms with E-state index in [1.807, 2.05) is 42.8 Å². The molecule has 0 radical (unpaired) electrons. The molecule has 0 spiro atoms. The van der Waals surface area contributed by atoms with Gasteiger partial charge in [0.25, 0.3) is 5.91 Å². The van der Waals surface area contributed by atoms with Crippen molar-refractivity contribution in [1.29, 1.82) is 0 Å². The molecular weight excluding hydrogens is 472 g/mol. The smallest absolute Gasteiger partial charge is 0.255 e. The number of oxime groups is 1. The molecule has 8 nitrogen and oxygen atoms in total. The second-order valence-corrected chi connectivity index (χ2v) is 8.99. The van der Waals surface area contributed by atoms with E-state index >= 15 is 0 Å². The quantitative estimate of drug-likeness (QED) is 0.331. The number of carbonyl (C=O) groups excluding carboxylic acids is 1. The number of hydrogen-bond acceptors (Lipinski definition) is 6. The highest BCUT2D eigenvalue weighted by molar-refractivity contribution is 9.10. The minimum Gasteiger partial charge on any atom is -0.411 e.